The van der Waals surface area contributed by atoms with Gasteiger partial charge >= 0.3 is 11.8 Å². The van der Waals surface area contributed by atoms with Crippen LogP contribution in [0.4, 0.5) is 4.79 Å². The lowest BCUT2D eigenvalue weighted by Gasteiger charge is -2.45. The van der Waals surface area contributed by atoms with Crippen LogP contribution < -0.4 is 21.9 Å². The smallest absolute Gasteiger partial charge is 0.407 e. The first-order valence-electron chi connectivity index (χ1n) is 16.4. The fourth-order valence-electron chi connectivity index (χ4n) is 6.58. The summed E-state index contributed by atoms with van der Waals surface area (Å²) in [6.45, 7) is 1.34. The second-order valence-corrected chi connectivity index (χ2v) is 12.4. The molecule has 5 rings (SSSR count). The summed E-state index contributed by atoms with van der Waals surface area (Å²) in [5.74, 6) is -0.339. The lowest BCUT2D eigenvalue weighted by Crippen LogP contribution is -2.63. The summed E-state index contributed by atoms with van der Waals surface area (Å²) in [4.78, 5) is 69.2. The van der Waals surface area contributed by atoms with E-state index >= 15 is 0 Å². The van der Waals surface area contributed by atoms with Gasteiger partial charge in [-0.1, -0.05) is 86.0 Å². The van der Waals surface area contributed by atoms with Crippen LogP contribution in [0.5, 0.6) is 0 Å². The zero-order chi connectivity index (χ0) is 33.2. The first kappa shape index (κ1) is 33.4. The number of ether oxygens (including phenoxy) is 1. The van der Waals surface area contributed by atoms with Crippen molar-refractivity contribution in [3.8, 4) is 0 Å². The zero-order valence-electron chi connectivity index (χ0n) is 26.8. The molecule has 11 nitrogen and oxygen atoms in total. The Balaban J connectivity index is 1.34. The van der Waals surface area contributed by atoms with Crippen LogP contribution in [0.15, 0.2) is 88.2 Å². The number of aromatic nitrogens is 2. The van der Waals surface area contributed by atoms with E-state index in [0.29, 0.717) is 25.2 Å². The molecule has 2 aromatic carbocycles. The summed E-state index contributed by atoms with van der Waals surface area (Å²) in [5, 5.41) is 5.88. The van der Waals surface area contributed by atoms with Crippen molar-refractivity contribution in [2.75, 3.05) is 13.1 Å². The van der Waals surface area contributed by atoms with Gasteiger partial charge in [0.15, 0.2) is 0 Å². The Hall–Kier alpha value is -4.93. The van der Waals surface area contributed by atoms with Crippen molar-refractivity contribution in [2.45, 2.75) is 82.9 Å². The lowest BCUT2D eigenvalue weighted by molar-refractivity contribution is -0.150. The highest BCUT2D eigenvalue weighted by Gasteiger charge is 2.47. The third kappa shape index (κ3) is 8.46. The van der Waals surface area contributed by atoms with Gasteiger partial charge < -0.3 is 20.3 Å². The Morgan fingerprint density at radius 3 is 2.38 bits per heavy atom. The van der Waals surface area contributed by atoms with Crippen molar-refractivity contribution in [1.29, 1.82) is 0 Å². The number of rotatable bonds is 11. The minimum atomic E-state index is -1.18. The number of carbonyl (C=O) groups is 3. The van der Waals surface area contributed by atoms with Gasteiger partial charge in [-0.2, -0.15) is 0 Å². The first-order valence-corrected chi connectivity index (χ1v) is 16.4. The van der Waals surface area contributed by atoms with Crippen LogP contribution >= 0.6 is 0 Å². The van der Waals surface area contributed by atoms with E-state index in [9.17, 15) is 24.0 Å². The molecule has 2 aliphatic rings. The number of hydrogen-bond acceptors (Lipinski definition) is 6. The Morgan fingerprint density at radius 2 is 1.70 bits per heavy atom. The average molecular weight is 642 g/mol. The van der Waals surface area contributed by atoms with Crippen molar-refractivity contribution in [3.63, 3.8) is 0 Å². The predicted molar refractivity (Wildman–Crippen MR) is 177 cm³/mol. The number of amides is 3. The van der Waals surface area contributed by atoms with Crippen LogP contribution in [0.1, 0.15) is 74.0 Å². The fraction of sp³-hybridized carbons (Fsp3) is 0.417. The van der Waals surface area contributed by atoms with Gasteiger partial charge in [0.05, 0.1) is 0 Å². The third-order valence-corrected chi connectivity index (χ3v) is 9.19. The summed E-state index contributed by atoms with van der Waals surface area (Å²) < 4.78 is 6.49. The van der Waals surface area contributed by atoms with Gasteiger partial charge in [0.1, 0.15) is 18.7 Å². The number of hydrogen-bond donors (Lipinski definition) is 3. The number of aromatic amines is 1. The van der Waals surface area contributed by atoms with Crippen molar-refractivity contribution in [1.82, 2.24) is 25.1 Å². The van der Waals surface area contributed by atoms with Crippen LogP contribution in [0.2, 0.25) is 0 Å². The highest BCUT2D eigenvalue weighted by Crippen LogP contribution is 2.36. The molecule has 1 heterocycles. The highest BCUT2D eigenvalue weighted by atomic mass is 16.5. The number of carbonyl (C=O) groups excluding carboxylic acids is 3. The molecule has 1 unspecified atom stereocenters. The summed E-state index contributed by atoms with van der Waals surface area (Å²) in [5.41, 5.74) is 0.835. The van der Waals surface area contributed by atoms with E-state index in [2.05, 4.69) is 33.8 Å². The SMILES string of the molecule is Cc1cn(CC(=O)N(CCNC(=O)OCc2ccccc2)C2(C(=O)NC3=CCC(c4ccccc4)CC3)CCCCC2)c(=O)[nH]c1=O. The Bertz CT molecular complexity index is 1690. The molecule has 3 aromatic rings. The van der Waals surface area contributed by atoms with Crippen LogP contribution in [-0.2, 0) is 27.5 Å². The van der Waals surface area contributed by atoms with Gasteiger partial charge in [-0.25, -0.2) is 9.59 Å². The van der Waals surface area contributed by atoms with E-state index in [-0.39, 0.29) is 37.7 Å². The van der Waals surface area contributed by atoms with E-state index in [1.54, 1.807) is 6.92 Å². The van der Waals surface area contributed by atoms with E-state index < -0.39 is 28.8 Å². The number of nitrogens with zero attached hydrogens (tertiary/aromatic N) is 2. The number of benzene rings is 2. The number of nitrogens with one attached hydrogen (secondary N) is 3. The molecule has 1 atom stereocenters. The molecule has 0 saturated heterocycles. The molecule has 47 heavy (non-hydrogen) atoms. The molecule has 0 bridgehead atoms. The molecule has 248 valence electrons. The Kier molecular flexibility index (Phi) is 11.1. The van der Waals surface area contributed by atoms with Crippen molar-refractivity contribution < 1.29 is 19.1 Å². The third-order valence-electron chi connectivity index (χ3n) is 9.19. The second kappa shape index (κ2) is 15.6. The Morgan fingerprint density at radius 1 is 1.00 bits per heavy atom. The summed E-state index contributed by atoms with van der Waals surface area (Å²) in [6.07, 6.45) is 8.51. The quantitative estimate of drug-likeness (QED) is 0.286. The van der Waals surface area contributed by atoms with Crippen molar-refractivity contribution in [3.05, 3.63) is 116 Å². The number of aryl methyl sites for hydroxylation is 1. The molecule has 3 N–H and O–H groups in total. The molecule has 1 aromatic heterocycles. The molecule has 3 amide bonds. The molecule has 1 saturated carbocycles. The number of H-pyrrole nitrogens is 1. The summed E-state index contributed by atoms with van der Waals surface area (Å²) >= 11 is 0. The maximum absolute atomic E-state index is 14.3. The van der Waals surface area contributed by atoms with Gasteiger partial charge in [-0.3, -0.25) is 23.9 Å². The van der Waals surface area contributed by atoms with Gasteiger partial charge in [0.2, 0.25) is 11.8 Å². The fourth-order valence-corrected chi connectivity index (χ4v) is 6.58. The van der Waals surface area contributed by atoms with E-state index in [0.717, 1.165) is 47.9 Å². The highest BCUT2D eigenvalue weighted by molar-refractivity contribution is 5.92. The van der Waals surface area contributed by atoms with Gasteiger partial charge in [0.25, 0.3) is 5.56 Å². The first-order chi connectivity index (χ1) is 22.7. The summed E-state index contributed by atoms with van der Waals surface area (Å²) in [7, 11) is 0. The minimum absolute atomic E-state index is 0.0267. The second-order valence-electron chi connectivity index (χ2n) is 12.4. The van der Waals surface area contributed by atoms with Gasteiger partial charge in [-0.15, -0.1) is 0 Å². The van der Waals surface area contributed by atoms with Crippen LogP contribution in [-0.4, -0.2) is 51.0 Å². The monoisotopic (exact) mass is 641 g/mol. The molecular formula is C36H43N5O6. The van der Waals surface area contributed by atoms with Gasteiger partial charge in [-0.05, 0) is 56.1 Å². The standard InChI is InChI=1S/C36H43N5O6/c1-26-23-40(34(45)39-32(26)43)24-31(42)41(22-21-37-35(46)47-25-27-11-5-2-6-12-27)36(19-9-4-10-20-36)33(44)38-30-17-15-29(16-18-30)28-13-7-3-8-14-28/h2-3,5-8,11-14,17,23,29H,4,9-10,15-16,18-22,24-25H2,1H3,(H,37,46)(H,38,44)(H,39,43,45). The molecule has 2 aliphatic carbocycles. The van der Waals surface area contributed by atoms with Crippen LogP contribution in [0.25, 0.3) is 0 Å². The summed E-state index contributed by atoms with van der Waals surface area (Å²) in [6, 6.07) is 19.6. The number of alkyl carbamates (subject to hydrolysis) is 1. The molecule has 11 heteroatoms. The molecule has 1 fully saturated rings. The molecule has 0 spiro atoms. The molecular weight excluding hydrogens is 598 g/mol. The Labute approximate surface area is 274 Å². The maximum atomic E-state index is 14.3. The topological polar surface area (TPSA) is 143 Å². The van der Waals surface area contributed by atoms with E-state index in [1.807, 2.05) is 48.5 Å². The average Bonchev–Trinajstić information content (AvgIpc) is 3.09. The number of allylic oxidation sites excluding steroid dienone is 2. The lowest BCUT2D eigenvalue weighted by atomic mass is 9.78. The van der Waals surface area contributed by atoms with Gasteiger partial charge in [0, 0.05) is 30.5 Å². The van der Waals surface area contributed by atoms with E-state index in [1.165, 1.54) is 16.7 Å². The molecule has 0 radical (unpaired) electrons. The zero-order valence-corrected chi connectivity index (χ0v) is 26.8. The van der Waals surface area contributed by atoms with Crippen molar-refractivity contribution in [2.24, 2.45) is 0 Å². The van der Waals surface area contributed by atoms with E-state index in [4.69, 9.17) is 4.74 Å². The molecule has 0 aliphatic heterocycles. The maximum Gasteiger partial charge on any atom is 0.407 e. The van der Waals surface area contributed by atoms with Crippen LogP contribution in [0.3, 0.4) is 0 Å². The predicted octanol–water partition coefficient (Wildman–Crippen LogP) is 4.27. The minimum Gasteiger partial charge on any atom is -0.445 e. The van der Waals surface area contributed by atoms with Crippen molar-refractivity contribution >= 4 is 17.9 Å². The normalized spacial score (nSPS) is 17.2. The largest absolute Gasteiger partial charge is 0.445 e. The van der Waals surface area contributed by atoms with Crippen LogP contribution in [0, 0.1) is 6.92 Å².